The molecule has 1 aromatic heterocycles. The van der Waals surface area contributed by atoms with E-state index in [9.17, 15) is 10.1 Å². The summed E-state index contributed by atoms with van der Waals surface area (Å²) in [5.41, 5.74) is 1.82. The van der Waals surface area contributed by atoms with Gasteiger partial charge in [-0.3, -0.25) is 10.1 Å². The normalized spacial score (nSPS) is 12.2. The van der Waals surface area contributed by atoms with Gasteiger partial charge in [-0.25, -0.2) is 4.98 Å². The van der Waals surface area contributed by atoms with E-state index >= 15 is 0 Å². The first kappa shape index (κ1) is 13.1. The van der Waals surface area contributed by atoms with Gasteiger partial charge in [-0.2, -0.15) is 0 Å². The van der Waals surface area contributed by atoms with Crippen LogP contribution in [0, 0.1) is 17.0 Å². The molecule has 0 fully saturated rings. The van der Waals surface area contributed by atoms with E-state index < -0.39 is 0 Å². The number of aromatic nitrogens is 2. The van der Waals surface area contributed by atoms with Crippen LogP contribution in [0.3, 0.4) is 0 Å². The van der Waals surface area contributed by atoms with Gasteiger partial charge in [-0.15, -0.1) is 0 Å². The van der Waals surface area contributed by atoms with E-state index in [0.29, 0.717) is 0 Å². The quantitative estimate of drug-likeness (QED) is 0.677. The lowest BCUT2D eigenvalue weighted by Gasteiger charge is -2.16. The Kier molecular flexibility index (Phi) is 3.50. The zero-order chi connectivity index (χ0) is 14.0. The molecule has 1 atom stereocenters. The first-order valence-electron chi connectivity index (χ1n) is 5.98. The van der Waals surface area contributed by atoms with Gasteiger partial charge < -0.3 is 9.88 Å². The highest BCUT2D eigenvalue weighted by Gasteiger charge is 2.13. The summed E-state index contributed by atoms with van der Waals surface area (Å²) in [6.45, 7) is 3.85. The van der Waals surface area contributed by atoms with Crippen molar-refractivity contribution >= 4 is 11.4 Å². The van der Waals surface area contributed by atoms with Gasteiger partial charge in [0, 0.05) is 37.3 Å². The molecule has 19 heavy (non-hydrogen) atoms. The fourth-order valence-corrected chi connectivity index (χ4v) is 2.02. The summed E-state index contributed by atoms with van der Waals surface area (Å²) < 4.78 is 1.94. The van der Waals surface area contributed by atoms with E-state index in [-0.39, 0.29) is 16.7 Å². The summed E-state index contributed by atoms with van der Waals surface area (Å²) in [7, 11) is 1.93. The van der Waals surface area contributed by atoms with Crippen molar-refractivity contribution in [3.05, 3.63) is 52.1 Å². The van der Waals surface area contributed by atoms with Gasteiger partial charge in [0.2, 0.25) is 0 Å². The Hall–Kier alpha value is -2.37. The molecule has 2 rings (SSSR count). The molecular weight excluding hydrogens is 244 g/mol. The fraction of sp³-hybridized carbons (Fsp3) is 0.308. The van der Waals surface area contributed by atoms with Gasteiger partial charge in [0.05, 0.1) is 11.0 Å². The standard InChI is InChI=1S/C13H16N4O2/c1-9-8-11(17(18)19)4-5-12(9)15-10(2)13-14-6-7-16(13)3/h4-8,10,15H,1-3H3. The summed E-state index contributed by atoms with van der Waals surface area (Å²) in [5.74, 6) is 0.915. The summed E-state index contributed by atoms with van der Waals surface area (Å²) >= 11 is 0. The van der Waals surface area contributed by atoms with Crippen LogP contribution in [-0.4, -0.2) is 14.5 Å². The third-order valence-electron chi connectivity index (χ3n) is 3.04. The van der Waals surface area contributed by atoms with E-state index in [1.165, 1.54) is 6.07 Å². The topological polar surface area (TPSA) is 73.0 Å². The minimum Gasteiger partial charge on any atom is -0.375 e. The zero-order valence-corrected chi connectivity index (χ0v) is 11.1. The van der Waals surface area contributed by atoms with Crippen molar-refractivity contribution in [1.82, 2.24) is 9.55 Å². The monoisotopic (exact) mass is 260 g/mol. The number of imidazole rings is 1. The number of nitrogens with zero attached hydrogens (tertiary/aromatic N) is 3. The Labute approximate surface area is 111 Å². The Morgan fingerprint density at radius 3 is 2.74 bits per heavy atom. The molecule has 0 amide bonds. The van der Waals surface area contributed by atoms with Gasteiger partial charge in [0.15, 0.2) is 0 Å². The Bertz CT molecular complexity index is 606. The van der Waals surface area contributed by atoms with Crippen molar-refractivity contribution in [3.63, 3.8) is 0 Å². The van der Waals surface area contributed by atoms with Crippen LogP contribution in [0.25, 0.3) is 0 Å². The molecule has 0 aliphatic rings. The van der Waals surface area contributed by atoms with Gasteiger partial charge >= 0.3 is 0 Å². The molecule has 0 spiro atoms. The minimum absolute atomic E-state index is 0.0279. The molecule has 2 aromatic rings. The van der Waals surface area contributed by atoms with Crippen LogP contribution < -0.4 is 5.32 Å². The maximum Gasteiger partial charge on any atom is 0.269 e. The Morgan fingerprint density at radius 2 is 2.21 bits per heavy atom. The SMILES string of the molecule is Cc1cc([N+](=O)[O-])ccc1NC(C)c1nccn1C. The van der Waals surface area contributed by atoms with Crippen molar-refractivity contribution in [3.8, 4) is 0 Å². The van der Waals surface area contributed by atoms with Crippen LogP contribution >= 0.6 is 0 Å². The second-order valence-corrected chi connectivity index (χ2v) is 4.52. The van der Waals surface area contributed by atoms with Crippen molar-refractivity contribution in [2.24, 2.45) is 7.05 Å². The molecule has 0 saturated heterocycles. The molecule has 0 radical (unpaired) electrons. The highest BCUT2D eigenvalue weighted by atomic mass is 16.6. The van der Waals surface area contributed by atoms with Crippen LogP contribution in [0.1, 0.15) is 24.4 Å². The predicted octanol–water partition coefficient (Wildman–Crippen LogP) is 2.81. The average Bonchev–Trinajstić information content (AvgIpc) is 2.77. The highest BCUT2D eigenvalue weighted by molar-refractivity contribution is 5.56. The van der Waals surface area contributed by atoms with E-state index in [2.05, 4.69) is 10.3 Å². The number of nitrogens with one attached hydrogen (secondary N) is 1. The number of nitro benzene ring substituents is 1. The number of benzene rings is 1. The first-order valence-corrected chi connectivity index (χ1v) is 5.98. The largest absolute Gasteiger partial charge is 0.375 e. The highest BCUT2D eigenvalue weighted by Crippen LogP contribution is 2.24. The molecule has 6 nitrogen and oxygen atoms in total. The molecule has 0 bridgehead atoms. The van der Waals surface area contributed by atoms with E-state index in [1.807, 2.05) is 31.7 Å². The maximum absolute atomic E-state index is 10.7. The molecule has 1 heterocycles. The summed E-state index contributed by atoms with van der Waals surface area (Å²) in [6.07, 6.45) is 3.63. The molecule has 0 aliphatic heterocycles. The van der Waals surface area contributed by atoms with Crippen molar-refractivity contribution in [2.75, 3.05) is 5.32 Å². The van der Waals surface area contributed by atoms with E-state index in [0.717, 1.165) is 17.1 Å². The molecule has 0 aliphatic carbocycles. The molecule has 100 valence electrons. The second kappa shape index (κ2) is 5.09. The van der Waals surface area contributed by atoms with Gasteiger partial charge in [0.1, 0.15) is 5.82 Å². The van der Waals surface area contributed by atoms with Crippen LogP contribution in [0.2, 0.25) is 0 Å². The predicted molar refractivity (Wildman–Crippen MR) is 73.1 cm³/mol. The third kappa shape index (κ3) is 2.73. The average molecular weight is 260 g/mol. The minimum atomic E-state index is -0.390. The number of aryl methyl sites for hydroxylation is 2. The number of rotatable bonds is 4. The van der Waals surface area contributed by atoms with Crippen LogP contribution in [0.15, 0.2) is 30.6 Å². The van der Waals surface area contributed by atoms with Crippen molar-refractivity contribution in [2.45, 2.75) is 19.9 Å². The molecule has 1 unspecified atom stereocenters. The Morgan fingerprint density at radius 1 is 1.47 bits per heavy atom. The number of nitro groups is 1. The summed E-state index contributed by atoms with van der Waals surface area (Å²) in [6, 6.07) is 4.82. The molecule has 1 aromatic carbocycles. The van der Waals surface area contributed by atoms with E-state index in [1.54, 1.807) is 18.3 Å². The lowest BCUT2D eigenvalue weighted by Crippen LogP contribution is -2.12. The first-order chi connectivity index (χ1) is 8.99. The number of anilines is 1. The van der Waals surface area contributed by atoms with Crippen molar-refractivity contribution < 1.29 is 4.92 Å². The number of non-ortho nitro benzene ring substituents is 1. The van der Waals surface area contributed by atoms with Gasteiger partial charge in [0.25, 0.3) is 5.69 Å². The second-order valence-electron chi connectivity index (χ2n) is 4.52. The van der Waals surface area contributed by atoms with Crippen molar-refractivity contribution in [1.29, 1.82) is 0 Å². The summed E-state index contributed by atoms with van der Waals surface area (Å²) in [5, 5.41) is 14.0. The Balaban J connectivity index is 2.20. The maximum atomic E-state index is 10.7. The summed E-state index contributed by atoms with van der Waals surface area (Å²) in [4.78, 5) is 14.6. The van der Waals surface area contributed by atoms with Gasteiger partial charge in [-0.1, -0.05) is 0 Å². The van der Waals surface area contributed by atoms with Gasteiger partial charge in [-0.05, 0) is 25.5 Å². The smallest absolute Gasteiger partial charge is 0.269 e. The molecule has 0 saturated carbocycles. The number of hydrogen-bond acceptors (Lipinski definition) is 4. The molecular formula is C13H16N4O2. The van der Waals surface area contributed by atoms with E-state index in [4.69, 9.17) is 0 Å². The lowest BCUT2D eigenvalue weighted by atomic mass is 10.1. The third-order valence-corrected chi connectivity index (χ3v) is 3.04. The molecule has 6 heteroatoms. The van der Waals surface area contributed by atoms with Crippen LogP contribution in [0.5, 0.6) is 0 Å². The van der Waals surface area contributed by atoms with Crippen LogP contribution in [0.4, 0.5) is 11.4 Å². The molecule has 1 N–H and O–H groups in total. The zero-order valence-electron chi connectivity index (χ0n) is 11.1. The fourth-order valence-electron chi connectivity index (χ4n) is 2.02. The van der Waals surface area contributed by atoms with Crippen LogP contribution in [-0.2, 0) is 7.05 Å². The number of hydrogen-bond donors (Lipinski definition) is 1. The lowest BCUT2D eigenvalue weighted by molar-refractivity contribution is -0.384.